The van der Waals surface area contributed by atoms with Gasteiger partial charge in [0.1, 0.15) is 5.82 Å². The number of rotatable bonds is 5. The van der Waals surface area contributed by atoms with E-state index in [4.69, 9.17) is 4.74 Å². The molecule has 0 spiro atoms. The summed E-state index contributed by atoms with van der Waals surface area (Å²) < 4.78 is 18.4. The number of likely N-dealkylation sites (N-methyl/N-ethyl adjacent to an activating group) is 1. The topological polar surface area (TPSA) is 15.7 Å². The molecule has 1 aromatic rings. The Hall–Kier alpha value is -0.970. The average Bonchev–Trinajstić information content (AvgIpc) is 2.38. The molecular weight excluding hydrogens is 231 g/mol. The summed E-state index contributed by atoms with van der Waals surface area (Å²) >= 11 is 0. The molecule has 100 valence electrons. The first kappa shape index (κ1) is 13.5. The van der Waals surface area contributed by atoms with Crippen molar-refractivity contribution in [3.63, 3.8) is 0 Å². The van der Waals surface area contributed by atoms with E-state index in [1.165, 1.54) is 6.07 Å². The van der Waals surface area contributed by atoms with Gasteiger partial charge in [0.2, 0.25) is 0 Å². The highest BCUT2D eigenvalue weighted by Gasteiger charge is 2.10. The van der Waals surface area contributed by atoms with Gasteiger partial charge in [0.05, 0.1) is 13.2 Å². The molecule has 2 rings (SSSR count). The van der Waals surface area contributed by atoms with Crippen LogP contribution >= 0.6 is 0 Å². The smallest absolute Gasteiger partial charge is 0.123 e. The number of nitrogens with zero attached hydrogens (tertiary/aromatic N) is 2. The van der Waals surface area contributed by atoms with Gasteiger partial charge < -0.3 is 9.64 Å². The highest BCUT2D eigenvalue weighted by Crippen LogP contribution is 2.06. The number of hydrogen-bond acceptors (Lipinski definition) is 3. The normalized spacial score (nSPS) is 17.3. The van der Waals surface area contributed by atoms with Gasteiger partial charge in [-0.2, -0.15) is 0 Å². The summed E-state index contributed by atoms with van der Waals surface area (Å²) in [6, 6.07) is 6.82. The van der Waals surface area contributed by atoms with E-state index in [-0.39, 0.29) is 5.82 Å². The van der Waals surface area contributed by atoms with Crippen LogP contribution in [0.5, 0.6) is 0 Å². The molecule has 1 aromatic carbocycles. The second-order valence-corrected chi connectivity index (χ2v) is 4.82. The molecule has 0 atom stereocenters. The Labute approximate surface area is 108 Å². The highest BCUT2D eigenvalue weighted by molar-refractivity contribution is 5.15. The van der Waals surface area contributed by atoms with Crippen LogP contribution in [0.2, 0.25) is 0 Å². The Morgan fingerprint density at radius 1 is 1.33 bits per heavy atom. The molecule has 1 aliphatic heterocycles. The lowest BCUT2D eigenvalue weighted by Gasteiger charge is -2.28. The van der Waals surface area contributed by atoms with E-state index < -0.39 is 0 Å². The summed E-state index contributed by atoms with van der Waals surface area (Å²) in [4.78, 5) is 4.63. The van der Waals surface area contributed by atoms with Crippen molar-refractivity contribution >= 4 is 0 Å². The second-order valence-electron chi connectivity index (χ2n) is 4.82. The molecular formula is C14H21FN2O. The molecule has 0 N–H and O–H groups in total. The summed E-state index contributed by atoms with van der Waals surface area (Å²) in [6.45, 7) is 6.57. The Kier molecular flexibility index (Phi) is 5.11. The molecule has 0 aromatic heterocycles. The van der Waals surface area contributed by atoms with E-state index in [0.717, 1.165) is 51.5 Å². The van der Waals surface area contributed by atoms with E-state index in [0.29, 0.717) is 0 Å². The van der Waals surface area contributed by atoms with Gasteiger partial charge in [-0.25, -0.2) is 4.39 Å². The monoisotopic (exact) mass is 252 g/mol. The molecule has 0 radical (unpaired) electrons. The Morgan fingerprint density at radius 3 is 2.83 bits per heavy atom. The third-order valence-corrected chi connectivity index (χ3v) is 3.24. The second kappa shape index (κ2) is 6.83. The maximum Gasteiger partial charge on any atom is 0.123 e. The molecule has 4 heteroatoms. The van der Waals surface area contributed by atoms with Gasteiger partial charge in [-0.05, 0) is 24.7 Å². The third kappa shape index (κ3) is 4.37. The number of hydrogen-bond donors (Lipinski definition) is 0. The third-order valence-electron chi connectivity index (χ3n) is 3.24. The van der Waals surface area contributed by atoms with Crippen molar-refractivity contribution in [2.45, 2.75) is 6.54 Å². The quantitative estimate of drug-likeness (QED) is 0.791. The fraction of sp³-hybridized carbons (Fsp3) is 0.571. The van der Waals surface area contributed by atoms with Crippen molar-refractivity contribution in [3.8, 4) is 0 Å². The summed E-state index contributed by atoms with van der Waals surface area (Å²) in [7, 11) is 2.07. The van der Waals surface area contributed by atoms with Crippen LogP contribution in [0.3, 0.4) is 0 Å². The highest BCUT2D eigenvalue weighted by atomic mass is 19.1. The predicted octanol–water partition coefficient (Wildman–Crippen LogP) is 1.59. The fourth-order valence-corrected chi connectivity index (χ4v) is 2.16. The molecule has 0 saturated carbocycles. The van der Waals surface area contributed by atoms with Crippen LogP contribution < -0.4 is 0 Å². The van der Waals surface area contributed by atoms with E-state index in [2.05, 4.69) is 16.8 Å². The van der Waals surface area contributed by atoms with Gasteiger partial charge in [-0.3, -0.25) is 4.90 Å². The Balaban J connectivity index is 1.72. The van der Waals surface area contributed by atoms with Gasteiger partial charge >= 0.3 is 0 Å². The van der Waals surface area contributed by atoms with E-state index in [1.807, 2.05) is 6.07 Å². The van der Waals surface area contributed by atoms with Crippen molar-refractivity contribution in [1.29, 1.82) is 0 Å². The van der Waals surface area contributed by atoms with Gasteiger partial charge in [0.25, 0.3) is 0 Å². The van der Waals surface area contributed by atoms with Crippen molar-refractivity contribution in [3.05, 3.63) is 35.6 Å². The Morgan fingerprint density at radius 2 is 2.11 bits per heavy atom. The van der Waals surface area contributed by atoms with Crippen LogP contribution in [0.15, 0.2) is 24.3 Å². The van der Waals surface area contributed by atoms with Gasteiger partial charge in [-0.1, -0.05) is 12.1 Å². The average molecular weight is 252 g/mol. The summed E-state index contributed by atoms with van der Waals surface area (Å²) in [5, 5.41) is 0. The minimum atomic E-state index is -0.158. The van der Waals surface area contributed by atoms with Crippen molar-refractivity contribution < 1.29 is 9.13 Å². The van der Waals surface area contributed by atoms with Crippen LogP contribution in [-0.4, -0.2) is 56.2 Å². The maximum atomic E-state index is 13.1. The molecule has 18 heavy (non-hydrogen) atoms. The van der Waals surface area contributed by atoms with E-state index in [1.54, 1.807) is 12.1 Å². The van der Waals surface area contributed by atoms with Gasteiger partial charge in [-0.15, -0.1) is 0 Å². The van der Waals surface area contributed by atoms with Crippen LogP contribution in [-0.2, 0) is 11.3 Å². The summed E-state index contributed by atoms with van der Waals surface area (Å²) in [5.74, 6) is -0.158. The molecule has 1 saturated heterocycles. The van der Waals surface area contributed by atoms with Crippen LogP contribution in [0, 0.1) is 5.82 Å². The van der Waals surface area contributed by atoms with Gasteiger partial charge in [0.15, 0.2) is 0 Å². The maximum absolute atomic E-state index is 13.1. The molecule has 1 fully saturated rings. The fourth-order valence-electron chi connectivity index (χ4n) is 2.16. The summed E-state index contributed by atoms with van der Waals surface area (Å²) in [6.07, 6.45) is 0. The molecule has 0 bridgehead atoms. The lowest BCUT2D eigenvalue weighted by Crippen LogP contribution is -2.40. The zero-order valence-corrected chi connectivity index (χ0v) is 10.9. The lowest BCUT2D eigenvalue weighted by atomic mass is 10.2. The lowest BCUT2D eigenvalue weighted by molar-refractivity contribution is 0.0342. The van der Waals surface area contributed by atoms with Crippen LogP contribution in [0.1, 0.15) is 5.56 Å². The standard InChI is InChI=1S/C14H21FN2O/c1-16(5-6-17-7-9-18-10-8-17)12-13-3-2-4-14(15)11-13/h2-4,11H,5-10,12H2,1H3. The number of morpholine rings is 1. The minimum Gasteiger partial charge on any atom is -0.379 e. The first-order chi connectivity index (χ1) is 8.74. The van der Waals surface area contributed by atoms with Crippen molar-refractivity contribution in [2.24, 2.45) is 0 Å². The van der Waals surface area contributed by atoms with E-state index >= 15 is 0 Å². The largest absolute Gasteiger partial charge is 0.379 e. The predicted molar refractivity (Wildman–Crippen MR) is 70.0 cm³/mol. The molecule has 1 aliphatic rings. The van der Waals surface area contributed by atoms with E-state index in [9.17, 15) is 4.39 Å². The first-order valence-corrected chi connectivity index (χ1v) is 6.47. The zero-order chi connectivity index (χ0) is 12.8. The van der Waals surface area contributed by atoms with Crippen molar-refractivity contribution in [1.82, 2.24) is 9.80 Å². The first-order valence-electron chi connectivity index (χ1n) is 6.47. The number of halogens is 1. The van der Waals surface area contributed by atoms with Crippen LogP contribution in [0.4, 0.5) is 4.39 Å². The zero-order valence-electron chi connectivity index (χ0n) is 10.9. The Bertz CT molecular complexity index is 367. The molecule has 0 unspecified atom stereocenters. The number of ether oxygens (including phenoxy) is 1. The minimum absolute atomic E-state index is 0.158. The van der Waals surface area contributed by atoms with Crippen molar-refractivity contribution in [2.75, 3.05) is 46.4 Å². The molecule has 0 amide bonds. The molecule has 3 nitrogen and oxygen atoms in total. The molecule has 1 heterocycles. The van der Waals surface area contributed by atoms with Gasteiger partial charge in [0, 0.05) is 32.7 Å². The molecule has 0 aliphatic carbocycles. The SMILES string of the molecule is CN(CCN1CCOCC1)Cc1cccc(F)c1. The van der Waals surface area contributed by atoms with Crippen LogP contribution in [0.25, 0.3) is 0 Å². The summed E-state index contributed by atoms with van der Waals surface area (Å²) in [5.41, 5.74) is 1.03. The number of benzene rings is 1.